The molecular weight excluding hydrogens is 211 g/mol. The SMILES string of the molecule is CCOC(=O)C(F)C1(O)CCCC(C)CC1. The van der Waals surface area contributed by atoms with Gasteiger partial charge < -0.3 is 9.84 Å². The van der Waals surface area contributed by atoms with Gasteiger partial charge in [0.05, 0.1) is 6.61 Å². The van der Waals surface area contributed by atoms with Crippen LogP contribution in [0.2, 0.25) is 0 Å². The molecule has 0 saturated heterocycles. The van der Waals surface area contributed by atoms with Crippen LogP contribution in [0.5, 0.6) is 0 Å². The molecule has 16 heavy (non-hydrogen) atoms. The Morgan fingerprint density at radius 2 is 2.25 bits per heavy atom. The summed E-state index contributed by atoms with van der Waals surface area (Å²) in [6, 6.07) is 0. The molecule has 0 aliphatic heterocycles. The molecule has 0 radical (unpaired) electrons. The molecule has 1 rings (SSSR count). The van der Waals surface area contributed by atoms with E-state index < -0.39 is 17.7 Å². The zero-order valence-electron chi connectivity index (χ0n) is 10.0. The molecule has 1 aliphatic carbocycles. The number of carbonyl (C=O) groups excluding carboxylic acids is 1. The summed E-state index contributed by atoms with van der Waals surface area (Å²) in [5, 5.41) is 10.2. The van der Waals surface area contributed by atoms with Crippen LogP contribution >= 0.6 is 0 Å². The van der Waals surface area contributed by atoms with E-state index in [4.69, 9.17) is 0 Å². The first-order valence-corrected chi connectivity index (χ1v) is 6.02. The Balaban J connectivity index is 2.64. The predicted octanol–water partition coefficient (Wildman–Crippen LogP) is 2.22. The van der Waals surface area contributed by atoms with E-state index in [-0.39, 0.29) is 6.61 Å². The van der Waals surface area contributed by atoms with Gasteiger partial charge in [-0.2, -0.15) is 0 Å². The van der Waals surface area contributed by atoms with Gasteiger partial charge >= 0.3 is 5.97 Å². The highest BCUT2D eigenvalue weighted by Gasteiger charge is 2.43. The van der Waals surface area contributed by atoms with Crippen molar-refractivity contribution < 1.29 is 19.0 Å². The van der Waals surface area contributed by atoms with Crippen molar-refractivity contribution in [2.75, 3.05) is 6.61 Å². The Labute approximate surface area is 96.0 Å². The van der Waals surface area contributed by atoms with Gasteiger partial charge in [0.15, 0.2) is 0 Å². The average Bonchev–Trinajstić information content (AvgIpc) is 2.41. The third kappa shape index (κ3) is 3.17. The predicted molar refractivity (Wildman–Crippen MR) is 58.7 cm³/mol. The zero-order chi connectivity index (χ0) is 12.2. The van der Waals surface area contributed by atoms with Crippen LogP contribution in [0.4, 0.5) is 4.39 Å². The third-order valence-electron chi connectivity index (χ3n) is 3.34. The van der Waals surface area contributed by atoms with Gasteiger partial charge in [0, 0.05) is 0 Å². The van der Waals surface area contributed by atoms with Crippen LogP contribution in [0.3, 0.4) is 0 Å². The van der Waals surface area contributed by atoms with E-state index in [0.717, 1.165) is 19.3 Å². The van der Waals surface area contributed by atoms with Gasteiger partial charge in [0.1, 0.15) is 5.60 Å². The standard InChI is InChI=1S/C12H21FO3/c1-3-16-11(14)10(13)12(15)7-4-5-9(2)6-8-12/h9-10,15H,3-8H2,1-2H3. The summed E-state index contributed by atoms with van der Waals surface area (Å²) in [5.74, 6) is -0.442. The number of halogens is 1. The lowest BCUT2D eigenvalue weighted by Gasteiger charge is -2.28. The number of ether oxygens (including phenoxy) is 1. The van der Waals surface area contributed by atoms with Crippen molar-refractivity contribution in [3.63, 3.8) is 0 Å². The van der Waals surface area contributed by atoms with E-state index in [1.807, 2.05) is 0 Å². The molecule has 1 N–H and O–H groups in total. The highest BCUT2D eigenvalue weighted by molar-refractivity contribution is 5.76. The summed E-state index contributed by atoms with van der Waals surface area (Å²) < 4.78 is 18.5. The summed E-state index contributed by atoms with van der Waals surface area (Å²) in [6.07, 6.45) is 1.29. The van der Waals surface area contributed by atoms with Crippen molar-refractivity contribution in [1.82, 2.24) is 0 Å². The van der Waals surface area contributed by atoms with Crippen molar-refractivity contribution in [3.05, 3.63) is 0 Å². The van der Waals surface area contributed by atoms with E-state index in [2.05, 4.69) is 11.7 Å². The van der Waals surface area contributed by atoms with Gasteiger partial charge in [0.25, 0.3) is 0 Å². The number of hydrogen-bond donors (Lipinski definition) is 1. The van der Waals surface area contributed by atoms with Gasteiger partial charge in [-0.05, 0) is 32.1 Å². The normalized spacial score (nSPS) is 32.9. The lowest BCUT2D eigenvalue weighted by Crippen LogP contribution is -2.44. The van der Waals surface area contributed by atoms with Gasteiger partial charge in [-0.1, -0.05) is 19.8 Å². The Kier molecular flexibility index (Phi) is 4.71. The van der Waals surface area contributed by atoms with E-state index >= 15 is 0 Å². The molecule has 0 spiro atoms. The maximum atomic E-state index is 13.8. The topological polar surface area (TPSA) is 46.5 Å². The minimum absolute atomic E-state index is 0.145. The van der Waals surface area contributed by atoms with E-state index in [9.17, 15) is 14.3 Å². The second kappa shape index (κ2) is 5.62. The van der Waals surface area contributed by atoms with E-state index in [1.54, 1.807) is 6.92 Å². The second-order valence-corrected chi connectivity index (χ2v) is 4.75. The first-order chi connectivity index (χ1) is 7.49. The van der Waals surface area contributed by atoms with Crippen LogP contribution < -0.4 is 0 Å². The van der Waals surface area contributed by atoms with Crippen molar-refractivity contribution in [3.8, 4) is 0 Å². The largest absolute Gasteiger partial charge is 0.464 e. The van der Waals surface area contributed by atoms with Crippen LogP contribution in [-0.2, 0) is 9.53 Å². The molecule has 0 aromatic heterocycles. The summed E-state index contributed by atoms with van der Waals surface area (Å²) in [6.45, 7) is 3.86. The van der Waals surface area contributed by atoms with Crippen molar-refractivity contribution in [2.45, 2.75) is 57.7 Å². The number of alkyl halides is 1. The minimum Gasteiger partial charge on any atom is -0.464 e. The number of aliphatic hydroxyl groups is 1. The van der Waals surface area contributed by atoms with Crippen molar-refractivity contribution in [1.29, 1.82) is 0 Å². The van der Waals surface area contributed by atoms with Gasteiger partial charge in [-0.3, -0.25) is 0 Å². The summed E-state index contributed by atoms with van der Waals surface area (Å²) in [5.41, 5.74) is -1.52. The second-order valence-electron chi connectivity index (χ2n) is 4.75. The lowest BCUT2D eigenvalue weighted by atomic mass is 9.89. The summed E-state index contributed by atoms with van der Waals surface area (Å²) >= 11 is 0. The highest BCUT2D eigenvalue weighted by Crippen LogP contribution is 2.34. The average molecular weight is 232 g/mol. The molecule has 1 fully saturated rings. The fourth-order valence-corrected chi connectivity index (χ4v) is 2.21. The number of carbonyl (C=O) groups is 1. The zero-order valence-corrected chi connectivity index (χ0v) is 10.0. The molecule has 0 aromatic carbocycles. The molecule has 0 amide bonds. The quantitative estimate of drug-likeness (QED) is 0.599. The Morgan fingerprint density at radius 3 is 2.88 bits per heavy atom. The molecule has 94 valence electrons. The molecule has 1 saturated carbocycles. The Hall–Kier alpha value is -0.640. The Morgan fingerprint density at radius 1 is 1.56 bits per heavy atom. The maximum absolute atomic E-state index is 13.8. The van der Waals surface area contributed by atoms with Crippen LogP contribution in [0.1, 0.15) is 46.0 Å². The van der Waals surface area contributed by atoms with Gasteiger partial charge in [0.2, 0.25) is 6.17 Å². The lowest BCUT2D eigenvalue weighted by molar-refractivity contribution is -0.161. The fourth-order valence-electron chi connectivity index (χ4n) is 2.21. The van der Waals surface area contributed by atoms with Crippen LogP contribution in [-0.4, -0.2) is 29.5 Å². The first kappa shape index (κ1) is 13.4. The molecule has 0 bridgehead atoms. The molecule has 0 aromatic rings. The molecule has 4 heteroatoms. The maximum Gasteiger partial charge on any atom is 0.343 e. The number of hydrogen-bond acceptors (Lipinski definition) is 3. The van der Waals surface area contributed by atoms with Crippen LogP contribution in [0, 0.1) is 5.92 Å². The molecule has 3 nitrogen and oxygen atoms in total. The summed E-state index contributed by atoms with van der Waals surface area (Å²) in [7, 11) is 0. The molecule has 3 atom stereocenters. The number of esters is 1. The monoisotopic (exact) mass is 232 g/mol. The van der Waals surface area contributed by atoms with Crippen LogP contribution in [0.25, 0.3) is 0 Å². The molecule has 1 aliphatic rings. The molecule has 3 unspecified atom stereocenters. The number of rotatable bonds is 3. The summed E-state index contributed by atoms with van der Waals surface area (Å²) in [4.78, 5) is 11.3. The fraction of sp³-hybridized carbons (Fsp3) is 0.917. The minimum atomic E-state index is -1.90. The van der Waals surface area contributed by atoms with Crippen LogP contribution in [0.15, 0.2) is 0 Å². The third-order valence-corrected chi connectivity index (χ3v) is 3.34. The Bertz CT molecular complexity index is 244. The van der Waals surface area contributed by atoms with Gasteiger partial charge in [-0.15, -0.1) is 0 Å². The van der Waals surface area contributed by atoms with E-state index in [0.29, 0.717) is 18.8 Å². The first-order valence-electron chi connectivity index (χ1n) is 6.02. The van der Waals surface area contributed by atoms with Crippen molar-refractivity contribution >= 4 is 5.97 Å². The van der Waals surface area contributed by atoms with Crippen molar-refractivity contribution in [2.24, 2.45) is 5.92 Å². The smallest absolute Gasteiger partial charge is 0.343 e. The highest BCUT2D eigenvalue weighted by atomic mass is 19.1. The molecular formula is C12H21FO3. The van der Waals surface area contributed by atoms with Gasteiger partial charge in [-0.25, -0.2) is 9.18 Å². The molecule has 0 heterocycles. The van der Waals surface area contributed by atoms with E-state index in [1.165, 1.54) is 0 Å².